The van der Waals surface area contributed by atoms with Crippen LogP contribution in [-0.4, -0.2) is 25.5 Å². The van der Waals surface area contributed by atoms with Crippen LogP contribution < -0.4 is 10.6 Å². The summed E-state index contributed by atoms with van der Waals surface area (Å²) in [6, 6.07) is 0. The van der Waals surface area contributed by atoms with Gasteiger partial charge in [0, 0.05) is 13.1 Å². The van der Waals surface area contributed by atoms with Crippen LogP contribution in [0.15, 0.2) is 0 Å². The summed E-state index contributed by atoms with van der Waals surface area (Å²) in [5.74, 6) is 1.92. The Hall–Kier alpha value is -0.570. The molecular formula is C13H22N2O. The van der Waals surface area contributed by atoms with Gasteiger partial charge in [0.25, 0.3) is 0 Å². The van der Waals surface area contributed by atoms with Crippen LogP contribution in [-0.2, 0) is 4.79 Å². The van der Waals surface area contributed by atoms with Crippen LogP contribution in [0.1, 0.15) is 32.6 Å². The second-order valence-corrected chi connectivity index (χ2v) is 6.10. The predicted molar refractivity (Wildman–Crippen MR) is 62.9 cm³/mol. The zero-order valence-corrected chi connectivity index (χ0v) is 10.1. The van der Waals surface area contributed by atoms with Crippen molar-refractivity contribution in [2.24, 2.45) is 23.2 Å². The van der Waals surface area contributed by atoms with Gasteiger partial charge in [0.05, 0.1) is 5.92 Å². The summed E-state index contributed by atoms with van der Waals surface area (Å²) in [5, 5.41) is 6.49. The van der Waals surface area contributed by atoms with E-state index in [1.54, 1.807) is 0 Å². The van der Waals surface area contributed by atoms with Crippen LogP contribution >= 0.6 is 0 Å². The van der Waals surface area contributed by atoms with Crippen molar-refractivity contribution in [3.8, 4) is 0 Å². The van der Waals surface area contributed by atoms with Gasteiger partial charge >= 0.3 is 0 Å². The molecule has 1 heterocycles. The smallest absolute Gasteiger partial charge is 0.224 e. The van der Waals surface area contributed by atoms with Gasteiger partial charge in [0.2, 0.25) is 5.91 Å². The third-order valence-corrected chi connectivity index (χ3v) is 4.80. The molecule has 2 saturated carbocycles. The van der Waals surface area contributed by atoms with Crippen molar-refractivity contribution in [3.05, 3.63) is 0 Å². The molecule has 2 N–H and O–H groups in total. The van der Waals surface area contributed by atoms with Crippen molar-refractivity contribution in [2.75, 3.05) is 19.6 Å². The molecule has 0 spiro atoms. The van der Waals surface area contributed by atoms with Gasteiger partial charge in [0.1, 0.15) is 0 Å². The fourth-order valence-electron chi connectivity index (χ4n) is 3.14. The van der Waals surface area contributed by atoms with E-state index in [1.807, 2.05) is 0 Å². The number of carbonyl (C=O) groups is 1. The molecule has 3 fully saturated rings. The first-order chi connectivity index (χ1) is 7.71. The van der Waals surface area contributed by atoms with Crippen molar-refractivity contribution in [1.82, 2.24) is 10.6 Å². The standard InChI is InChI=1S/C13H22N2O/c1-9-6-14-7-11(9)12(16)15-8-13(4-5-13)10-2-3-10/h9-11,14H,2-8H2,1H3,(H,15,16). The molecule has 0 radical (unpaired) electrons. The lowest BCUT2D eigenvalue weighted by atomic mass is 9.96. The molecule has 1 amide bonds. The molecule has 2 unspecified atom stereocenters. The monoisotopic (exact) mass is 222 g/mol. The Kier molecular flexibility index (Phi) is 2.46. The van der Waals surface area contributed by atoms with Gasteiger partial charge in [-0.25, -0.2) is 0 Å². The van der Waals surface area contributed by atoms with Gasteiger partial charge in [-0.05, 0) is 49.5 Å². The highest BCUT2D eigenvalue weighted by Crippen LogP contribution is 2.60. The van der Waals surface area contributed by atoms with Crippen LogP contribution in [0, 0.1) is 23.2 Å². The molecule has 3 nitrogen and oxygen atoms in total. The Balaban J connectivity index is 1.49. The molecule has 1 saturated heterocycles. The molecule has 90 valence electrons. The fourth-order valence-corrected chi connectivity index (χ4v) is 3.14. The van der Waals surface area contributed by atoms with E-state index in [0.29, 0.717) is 11.3 Å². The van der Waals surface area contributed by atoms with Gasteiger partial charge in [0.15, 0.2) is 0 Å². The van der Waals surface area contributed by atoms with Crippen molar-refractivity contribution < 1.29 is 4.79 Å². The molecule has 2 aliphatic carbocycles. The molecule has 0 aromatic rings. The predicted octanol–water partition coefficient (Wildman–Crippen LogP) is 1.15. The quantitative estimate of drug-likeness (QED) is 0.749. The molecule has 1 aliphatic heterocycles. The lowest BCUT2D eigenvalue weighted by Crippen LogP contribution is -2.38. The molecule has 0 bridgehead atoms. The summed E-state index contributed by atoms with van der Waals surface area (Å²) in [7, 11) is 0. The number of nitrogens with one attached hydrogen (secondary N) is 2. The van der Waals surface area contributed by atoms with Crippen LogP contribution in [0.3, 0.4) is 0 Å². The van der Waals surface area contributed by atoms with E-state index >= 15 is 0 Å². The normalized spacial score (nSPS) is 36.1. The average Bonchev–Trinajstić information content (AvgIpc) is 3.14. The lowest BCUT2D eigenvalue weighted by molar-refractivity contribution is -0.125. The Morgan fingerprint density at radius 3 is 2.62 bits per heavy atom. The lowest BCUT2D eigenvalue weighted by Gasteiger charge is -2.18. The maximum absolute atomic E-state index is 12.0. The van der Waals surface area contributed by atoms with Gasteiger partial charge in [-0.15, -0.1) is 0 Å². The van der Waals surface area contributed by atoms with Crippen LogP contribution in [0.2, 0.25) is 0 Å². The summed E-state index contributed by atoms with van der Waals surface area (Å²) < 4.78 is 0. The number of rotatable bonds is 4. The summed E-state index contributed by atoms with van der Waals surface area (Å²) in [6.45, 7) is 4.97. The molecule has 16 heavy (non-hydrogen) atoms. The molecular weight excluding hydrogens is 200 g/mol. The van der Waals surface area contributed by atoms with Gasteiger partial charge in [-0.2, -0.15) is 0 Å². The summed E-state index contributed by atoms with van der Waals surface area (Å²) in [4.78, 5) is 12.0. The fraction of sp³-hybridized carbons (Fsp3) is 0.923. The van der Waals surface area contributed by atoms with Crippen molar-refractivity contribution in [1.29, 1.82) is 0 Å². The topological polar surface area (TPSA) is 41.1 Å². The zero-order valence-electron chi connectivity index (χ0n) is 10.1. The third-order valence-electron chi connectivity index (χ3n) is 4.80. The number of hydrogen-bond donors (Lipinski definition) is 2. The highest BCUT2D eigenvalue weighted by molar-refractivity contribution is 5.79. The Labute approximate surface area is 97.4 Å². The van der Waals surface area contributed by atoms with E-state index in [9.17, 15) is 4.79 Å². The van der Waals surface area contributed by atoms with Crippen LogP contribution in [0.25, 0.3) is 0 Å². The largest absolute Gasteiger partial charge is 0.355 e. The minimum absolute atomic E-state index is 0.204. The number of hydrogen-bond acceptors (Lipinski definition) is 2. The average molecular weight is 222 g/mol. The molecule has 3 aliphatic rings. The molecule has 2 atom stereocenters. The maximum Gasteiger partial charge on any atom is 0.224 e. The Morgan fingerprint density at radius 2 is 2.12 bits per heavy atom. The minimum Gasteiger partial charge on any atom is -0.355 e. The van der Waals surface area contributed by atoms with E-state index in [2.05, 4.69) is 17.6 Å². The van der Waals surface area contributed by atoms with E-state index in [4.69, 9.17) is 0 Å². The van der Waals surface area contributed by atoms with E-state index < -0.39 is 0 Å². The third kappa shape index (κ3) is 1.86. The maximum atomic E-state index is 12.0. The molecule has 0 aromatic carbocycles. The van der Waals surface area contributed by atoms with Gasteiger partial charge in [-0.3, -0.25) is 4.79 Å². The second-order valence-electron chi connectivity index (χ2n) is 6.10. The van der Waals surface area contributed by atoms with Gasteiger partial charge in [-0.1, -0.05) is 6.92 Å². The van der Waals surface area contributed by atoms with Crippen LogP contribution in [0.4, 0.5) is 0 Å². The van der Waals surface area contributed by atoms with Crippen molar-refractivity contribution in [3.63, 3.8) is 0 Å². The van der Waals surface area contributed by atoms with E-state index in [1.165, 1.54) is 25.7 Å². The van der Waals surface area contributed by atoms with Crippen molar-refractivity contribution in [2.45, 2.75) is 32.6 Å². The molecule has 3 heteroatoms. The SMILES string of the molecule is CC1CNCC1C(=O)NCC1(C2CC2)CC1. The highest BCUT2D eigenvalue weighted by atomic mass is 16.1. The Bertz CT molecular complexity index is 294. The Morgan fingerprint density at radius 1 is 1.38 bits per heavy atom. The summed E-state index contributed by atoms with van der Waals surface area (Å²) in [6.07, 6.45) is 5.49. The zero-order chi connectivity index (χ0) is 11.2. The number of carbonyl (C=O) groups excluding carboxylic acids is 1. The first kappa shape index (κ1) is 10.6. The highest BCUT2D eigenvalue weighted by Gasteiger charge is 2.53. The van der Waals surface area contributed by atoms with E-state index in [-0.39, 0.29) is 11.8 Å². The summed E-state index contributed by atoms with van der Waals surface area (Å²) in [5.41, 5.74) is 0.533. The number of amides is 1. The molecule has 3 rings (SSSR count). The van der Waals surface area contributed by atoms with E-state index in [0.717, 1.165) is 25.6 Å². The first-order valence-electron chi connectivity index (χ1n) is 6.70. The second kappa shape index (κ2) is 3.73. The van der Waals surface area contributed by atoms with Crippen LogP contribution in [0.5, 0.6) is 0 Å². The summed E-state index contributed by atoms with van der Waals surface area (Å²) >= 11 is 0. The van der Waals surface area contributed by atoms with Gasteiger partial charge < -0.3 is 10.6 Å². The molecule has 0 aromatic heterocycles. The van der Waals surface area contributed by atoms with Crippen molar-refractivity contribution >= 4 is 5.91 Å². The minimum atomic E-state index is 0.204. The first-order valence-corrected chi connectivity index (χ1v) is 6.70.